The number of aryl methyl sites for hydroxylation is 1. The Morgan fingerprint density at radius 3 is 1.72 bits per heavy atom. The molecule has 0 fully saturated rings. The van der Waals surface area contributed by atoms with Crippen molar-refractivity contribution < 1.29 is 4.79 Å². The molecule has 2 heteroatoms. The molecule has 0 aromatic heterocycles. The van der Waals surface area contributed by atoms with Gasteiger partial charge in [-0.15, -0.1) is 0 Å². The summed E-state index contributed by atoms with van der Waals surface area (Å²) >= 11 is 0. The third kappa shape index (κ3) is 3.21. The molecule has 0 spiro atoms. The van der Waals surface area contributed by atoms with Crippen molar-refractivity contribution in [2.75, 3.05) is 0 Å². The molecule has 0 heterocycles. The summed E-state index contributed by atoms with van der Waals surface area (Å²) in [5.41, 5.74) is 2.09. The number of allylic oxidation sites excluding steroid dienone is 1. The third-order valence-electron chi connectivity index (χ3n) is 4.62. The van der Waals surface area contributed by atoms with Crippen molar-refractivity contribution in [3.05, 3.63) is 108 Å². The van der Waals surface area contributed by atoms with Crippen molar-refractivity contribution in [2.24, 2.45) is 0 Å². The second-order valence-corrected chi connectivity index (χ2v) is 9.74. The van der Waals surface area contributed by atoms with Crippen molar-refractivity contribution >= 4 is 23.4 Å². The van der Waals surface area contributed by atoms with Crippen molar-refractivity contribution in [1.29, 1.82) is 0 Å². The van der Waals surface area contributed by atoms with Gasteiger partial charge >= 0.3 is 150 Å². The van der Waals surface area contributed by atoms with Gasteiger partial charge in [-0.05, 0) is 0 Å². The molecule has 0 radical (unpaired) electrons. The Labute approximate surface area is 150 Å². The van der Waals surface area contributed by atoms with Crippen LogP contribution in [-0.4, -0.2) is 5.52 Å². The second-order valence-electron chi connectivity index (χ2n) is 6.18. The molecule has 0 saturated carbocycles. The van der Waals surface area contributed by atoms with Crippen LogP contribution in [0.3, 0.4) is 0 Å². The SMILES string of the molecule is CC=C[PH](C(=O)c1ccccc1C)(c1ccccc1)c1ccccc1. The summed E-state index contributed by atoms with van der Waals surface area (Å²) in [5, 5.41) is 2.24. The van der Waals surface area contributed by atoms with E-state index in [0.717, 1.165) is 21.7 Å². The molecule has 1 nitrogen and oxygen atoms in total. The number of carbonyl (C=O) groups is 1. The van der Waals surface area contributed by atoms with Crippen molar-refractivity contribution in [1.82, 2.24) is 0 Å². The molecule has 3 aromatic carbocycles. The topological polar surface area (TPSA) is 17.1 Å². The molecule has 0 aliphatic rings. The Hall–Kier alpha value is -2.50. The van der Waals surface area contributed by atoms with Gasteiger partial charge in [0.2, 0.25) is 0 Å². The summed E-state index contributed by atoms with van der Waals surface area (Å²) in [4.78, 5) is 13.9. The summed E-state index contributed by atoms with van der Waals surface area (Å²) in [6.07, 6.45) is 2.03. The van der Waals surface area contributed by atoms with Crippen LogP contribution >= 0.6 is 7.26 Å². The van der Waals surface area contributed by atoms with Crippen LogP contribution in [0.1, 0.15) is 22.8 Å². The Balaban J connectivity index is 2.32. The van der Waals surface area contributed by atoms with Gasteiger partial charge in [0.05, 0.1) is 0 Å². The molecule has 126 valence electrons. The zero-order valence-electron chi connectivity index (χ0n) is 14.6. The van der Waals surface area contributed by atoms with Crippen molar-refractivity contribution in [3.8, 4) is 0 Å². The molecular weight excluding hydrogens is 323 g/mol. The van der Waals surface area contributed by atoms with Crippen LogP contribution in [0.5, 0.6) is 0 Å². The van der Waals surface area contributed by atoms with Crippen molar-refractivity contribution in [2.45, 2.75) is 13.8 Å². The molecule has 25 heavy (non-hydrogen) atoms. The van der Waals surface area contributed by atoms with E-state index in [0.29, 0.717) is 0 Å². The van der Waals surface area contributed by atoms with Gasteiger partial charge < -0.3 is 0 Å². The number of hydrogen-bond acceptors (Lipinski definition) is 1. The van der Waals surface area contributed by atoms with E-state index < -0.39 is 7.26 Å². The van der Waals surface area contributed by atoms with Crippen LogP contribution in [0.2, 0.25) is 0 Å². The normalized spacial score (nSPS) is 12.2. The molecule has 3 aromatic rings. The third-order valence-corrected chi connectivity index (χ3v) is 8.93. The molecule has 0 amide bonds. The van der Waals surface area contributed by atoms with Gasteiger partial charge in [0.15, 0.2) is 0 Å². The first kappa shape index (κ1) is 17.3. The van der Waals surface area contributed by atoms with E-state index in [1.807, 2.05) is 80.6 Å². The first-order valence-electron chi connectivity index (χ1n) is 8.55. The van der Waals surface area contributed by atoms with Crippen LogP contribution in [-0.2, 0) is 0 Å². The predicted molar refractivity (Wildman–Crippen MR) is 111 cm³/mol. The predicted octanol–water partition coefficient (Wildman–Crippen LogP) is 5.07. The molecule has 0 aliphatic heterocycles. The minimum atomic E-state index is -2.74. The molecule has 0 atom stereocenters. The summed E-state index contributed by atoms with van der Waals surface area (Å²) < 4.78 is 0. The molecule has 0 unspecified atom stereocenters. The maximum atomic E-state index is 13.9. The fourth-order valence-electron chi connectivity index (χ4n) is 3.39. The number of hydrogen-bond donors (Lipinski definition) is 0. The van der Waals surface area contributed by atoms with Crippen molar-refractivity contribution in [3.63, 3.8) is 0 Å². The summed E-state index contributed by atoms with van der Waals surface area (Å²) in [6.45, 7) is 4.01. The second kappa shape index (κ2) is 7.59. The van der Waals surface area contributed by atoms with Gasteiger partial charge in [0.1, 0.15) is 0 Å². The number of carbonyl (C=O) groups excluding carboxylic acids is 1. The van der Waals surface area contributed by atoms with Crippen LogP contribution in [0, 0.1) is 6.92 Å². The van der Waals surface area contributed by atoms with E-state index in [9.17, 15) is 4.79 Å². The first-order valence-corrected chi connectivity index (χ1v) is 10.6. The van der Waals surface area contributed by atoms with E-state index in [1.54, 1.807) is 0 Å². The van der Waals surface area contributed by atoms with E-state index in [1.165, 1.54) is 0 Å². The molecule has 3 rings (SSSR count). The van der Waals surface area contributed by atoms with Crippen LogP contribution < -0.4 is 10.6 Å². The van der Waals surface area contributed by atoms with Crippen LogP contribution in [0.25, 0.3) is 0 Å². The fourth-order valence-corrected chi connectivity index (χ4v) is 7.42. The number of rotatable bonds is 5. The Kier molecular flexibility index (Phi) is 5.26. The fraction of sp³-hybridized carbons (Fsp3) is 0.0870. The van der Waals surface area contributed by atoms with E-state index >= 15 is 0 Å². The van der Waals surface area contributed by atoms with Crippen LogP contribution in [0.4, 0.5) is 0 Å². The van der Waals surface area contributed by atoms with Gasteiger partial charge in [-0.2, -0.15) is 0 Å². The maximum absolute atomic E-state index is 13.9. The summed E-state index contributed by atoms with van der Waals surface area (Å²) in [6, 6.07) is 28.4. The standard InChI is InChI=1S/C23H23OP/c1-3-18-25(20-13-6-4-7-14-20,21-15-8-5-9-16-21)23(24)22-17-11-10-12-19(22)2/h3-18,25H,1-2H3. The van der Waals surface area contributed by atoms with Gasteiger partial charge in [-0.1, -0.05) is 0 Å². The summed E-state index contributed by atoms with van der Waals surface area (Å²) in [7, 11) is -2.74. The molecule has 0 bridgehead atoms. The van der Waals surface area contributed by atoms with E-state index in [-0.39, 0.29) is 5.52 Å². The number of benzene rings is 3. The van der Waals surface area contributed by atoms with Gasteiger partial charge in [0.25, 0.3) is 0 Å². The molecular formula is C23H23OP. The minimum absolute atomic E-state index is 0.237. The Morgan fingerprint density at radius 2 is 1.24 bits per heavy atom. The quantitative estimate of drug-likeness (QED) is 0.590. The monoisotopic (exact) mass is 346 g/mol. The molecule has 0 N–H and O–H groups in total. The van der Waals surface area contributed by atoms with Gasteiger partial charge in [-0.3, -0.25) is 0 Å². The first-order chi connectivity index (χ1) is 12.2. The van der Waals surface area contributed by atoms with Gasteiger partial charge in [0, 0.05) is 0 Å². The summed E-state index contributed by atoms with van der Waals surface area (Å²) in [5.74, 6) is 2.16. The zero-order valence-corrected chi connectivity index (χ0v) is 15.6. The Bertz CT molecular complexity index is 843. The van der Waals surface area contributed by atoms with E-state index in [2.05, 4.69) is 30.1 Å². The van der Waals surface area contributed by atoms with E-state index in [4.69, 9.17) is 0 Å². The Morgan fingerprint density at radius 1 is 0.760 bits per heavy atom. The average molecular weight is 346 g/mol. The molecule has 0 aliphatic carbocycles. The molecule has 0 saturated heterocycles. The average Bonchev–Trinajstić information content (AvgIpc) is 2.67. The van der Waals surface area contributed by atoms with Crippen LogP contribution in [0.15, 0.2) is 96.8 Å². The zero-order chi connectivity index (χ0) is 17.7. The van der Waals surface area contributed by atoms with Gasteiger partial charge in [-0.25, -0.2) is 0 Å².